The van der Waals surface area contributed by atoms with Crippen molar-refractivity contribution in [3.8, 4) is 0 Å². The lowest BCUT2D eigenvalue weighted by Gasteiger charge is -2.21. The molecule has 0 fully saturated rings. The Morgan fingerprint density at radius 3 is 2.27 bits per heavy atom. The first kappa shape index (κ1) is 20.0. The Labute approximate surface area is 156 Å². The van der Waals surface area contributed by atoms with Gasteiger partial charge in [0.15, 0.2) is 0 Å². The molecule has 2 rings (SSSR count). The van der Waals surface area contributed by atoms with E-state index in [-0.39, 0.29) is 16.2 Å². The fourth-order valence-electron chi connectivity index (χ4n) is 2.54. The molecule has 0 unspecified atom stereocenters. The molecule has 0 radical (unpaired) electrons. The summed E-state index contributed by atoms with van der Waals surface area (Å²) >= 11 is 0. The molecule has 140 valence electrons. The number of hydrogen-bond acceptors (Lipinski definition) is 3. The van der Waals surface area contributed by atoms with E-state index in [9.17, 15) is 13.2 Å². The molecular formula is C20H26N2O3S. The molecule has 1 N–H and O–H groups in total. The van der Waals surface area contributed by atoms with Gasteiger partial charge in [-0.2, -0.15) is 0 Å². The average Bonchev–Trinajstić information content (AvgIpc) is 2.53. The highest BCUT2D eigenvalue weighted by molar-refractivity contribution is 7.92. The minimum Gasteiger partial charge on any atom is -0.345 e. The van der Waals surface area contributed by atoms with Crippen molar-refractivity contribution < 1.29 is 13.2 Å². The summed E-state index contributed by atoms with van der Waals surface area (Å²) in [4.78, 5) is 13.8. The fraction of sp³-hybridized carbons (Fsp3) is 0.350. The van der Waals surface area contributed by atoms with Gasteiger partial charge in [0.2, 0.25) is 0 Å². The molecule has 0 aliphatic carbocycles. The molecule has 5 nitrogen and oxygen atoms in total. The van der Waals surface area contributed by atoms with E-state index in [4.69, 9.17) is 0 Å². The van der Waals surface area contributed by atoms with Crippen LogP contribution in [-0.2, 0) is 15.4 Å². The number of amides is 1. The zero-order valence-electron chi connectivity index (χ0n) is 16.1. The van der Waals surface area contributed by atoms with Gasteiger partial charge in [0, 0.05) is 25.3 Å². The zero-order chi connectivity index (χ0) is 19.7. The van der Waals surface area contributed by atoms with Crippen LogP contribution in [0.2, 0.25) is 0 Å². The van der Waals surface area contributed by atoms with E-state index in [0.717, 1.165) is 5.56 Å². The molecule has 2 aromatic carbocycles. The Hall–Kier alpha value is -2.34. The van der Waals surface area contributed by atoms with Crippen molar-refractivity contribution in [2.45, 2.75) is 38.0 Å². The second-order valence-electron chi connectivity index (χ2n) is 7.62. The molecule has 0 spiro atoms. The van der Waals surface area contributed by atoms with Gasteiger partial charge >= 0.3 is 0 Å². The van der Waals surface area contributed by atoms with Crippen LogP contribution in [0.4, 0.5) is 5.69 Å². The number of nitrogens with zero attached hydrogens (tertiary/aromatic N) is 1. The Morgan fingerprint density at radius 1 is 1.04 bits per heavy atom. The van der Waals surface area contributed by atoms with E-state index in [1.165, 1.54) is 4.90 Å². The third-order valence-corrected chi connectivity index (χ3v) is 5.63. The second kappa shape index (κ2) is 7.11. The van der Waals surface area contributed by atoms with E-state index < -0.39 is 10.0 Å². The van der Waals surface area contributed by atoms with Gasteiger partial charge in [-0.05, 0) is 47.7 Å². The SMILES string of the molecule is Cc1ccc(C(C)(C)C)cc1S(=O)(=O)Nc1cccc(C(=O)N(C)C)c1. The molecule has 0 aliphatic heterocycles. The average molecular weight is 375 g/mol. The Bertz CT molecular complexity index is 926. The number of benzene rings is 2. The summed E-state index contributed by atoms with van der Waals surface area (Å²) in [5, 5.41) is 0. The molecule has 26 heavy (non-hydrogen) atoms. The second-order valence-corrected chi connectivity index (χ2v) is 9.27. The number of sulfonamides is 1. The Balaban J connectivity index is 2.41. The standard InChI is InChI=1S/C20H26N2O3S/c1-14-10-11-16(20(2,3)4)13-18(14)26(24,25)21-17-9-7-8-15(12-17)19(23)22(5)6/h7-13,21H,1-6H3. The van der Waals surface area contributed by atoms with Crippen LogP contribution in [0.15, 0.2) is 47.4 Å². The molecule has 0 aromatic heterocycles. The maximum atomic E-state index is 12.9. The molecule has 6 heteroatoms. The van der Waals surface area contributed by atoms with Crippen LogP contribution in [-0.4, -0.2) is 33.3 Å². The topological polar surface area (TPSA) is 66.5 Å². The maximum Gasteiger partial charge on any atom is 0.262 e. The third kappa shape index (κ3) is 4.43. The summed E-state index contributed by atoms with van der Waals surface area (Å²) in [6, 6.07) is 12.0. The summed E-state index contributed by atoms with van der Waals surface area (Å²) in [7, 11) is -0.458. The first-order valence-corrected chi connectivity index (χ1v) is 9.86. The zero-order valence-corrected chi connectivity index (χ0v) is 16.9. The highest BCUT2D eigenvalue weighted by atomic mass is 32.2. The van der Waals surface area contributed by atoms with Gasteiger partial charge in [-0.15, -0.1) is 0 Å². The summed E-state index contributed by atoms with van der Waals surface area (Å²) in [6.45, 7) is 7.89. The Kier molecular flexibility index (Phi) is 5.47. The highest BCUT2D eigenvalue weighted by Crippen LogP contribution is 2.28. The quantitative estimate of drug-likeness (QED) is 0.885. The van der Waals surface area contributed by atoms with Crippen LogP contribution in [0.25, 0.3) is 0 Å². The van der Waals surface area contributed by atoms with E-state index in [1.807, 2.05) is 32.9 Å². The van der Waals surface area contributed by atoms with Gasteiger partial charge in [-0.25, -0.2) is 8.42 Å². The van der Waals surface area contributed by atoms with Crippen LogP contribution >= 0.6 is 0 Å². The number of carbonyl (C=O) groups is 1. The van der Waals surface area contributed by atoms with Crippen molar-refractivity contribution in [2.75, 3.05) is 18.8 Å². The first-order valence-electron chi connectivity index (χ1n) is 8.37. The van der Waals surface area contributed by atoms with Crippen molar-refractivity contribution >= 4 is 21.6 Å². The lowest BCUT2D eigenvalue weighted by Crippen LogP contribution is -2.22. The molecule has 0 saturated carbocycles. The van der Waals surface area contributed by atoms with E-state index in [1.54, 1.807) is 51.4 Å². The summed E-state index contributed by atoms with van der Waals surface area (Å²) < 4.78 is 28.4. The van der Waals surface area contributed by atoms with Crippen molar-refractivity contribution in [1.29, 1.82) is 0 Å². The molecule has 0 aliphatic rings. The highest BCUT2D eigenvalue weighted by Gasteiger charge is 2.22. The molecule has 0 atom stereocenters. The molecule has 0 bridgehead atoms. The van der Waals surface area contributed by atoms with Crippen molar-refractivity contribution in [2.24, 2.45) is 0 Å². The fourth-order valence-corrected chi connectivity index (χ4v) is 3.86. The Morgan fingerprint density at radius 2 is 1.69 bits per heavy atom. The van der Waals surface area contributed by atoms with Gasteiger partial charge < -0.3 is 4.90 Å². The third-order valence-electron chi connectivity index (χ3n) is 4.11. The monoisotopic (exact) mass is 374 g/mol. The van der Waals surface area contributed by atoms with E-state index in [2.05, 4.69) is 4.72 Å². The van der Waals surface area contributed by atoms with Crippen LogP contribution in [0.1, 0.15) is 42.3 Å². The van der Waals surface area contributed by atoms with Crippen molar-refractivity contribution in [1.82, 2.24) is 4.90 Å². The summed E-state index contributed by atoms with van der Waals surface area (Å²) in [6.07, 6.45) is 0. The molecule has 1 amide bonds. The summed E-state index contributed by atoms with van der Waals surface area (Å²) in [5.74, 6) is -0.183. The number of hydrogen-bond donors (Lipinski definition) is 1. The molecule has 2 aromatic rings. The van der Waals surface area contributed by atoms with Crippen LogP contribution in [0.3, 0.4) is 0 Å². The van der Waals surface area contributed by atoms with Crippen molar-refractivity contribution in [3.63, 3.8) is 0 Å². The minimum atomic E-state index is -3.76. The van der Waals surface area contributed by atoms with Crippen LogP contribution in [0, 0.1) is 6.92 Å². The number of anilines is 1. The van der Waals surface area contributed by atoms with Crippen molar-refractivity contribution in [3.05, 3.63) is 59.2 Å². The normalized spacial score (nSPS) is 11.9. The van der Waals surface area contributed by atoms with Crippen LogP contribution in [0.5, 0.6) is 0 Å². The lowest BCUT2D eigenvalue weighted by molar-refractivity contribution is 0.0827. The number of aryl methyl sites for hydroxylation is 1. The number of carbonyl (C=O) groups excluding carboxylic acids is 1. The van der Waals surface area contributed by atoms with Gasteiger partial charge in [-0.3, -0.25) is 9.52 Å². The predicted octanol–water partition coefficient (Wildman–Crippen LogP) is 3.80. The van der Waals surface area contributed by atoms with E-state index in [0.29, 0.717) is 16.8 Å². The smallest absolute Gasteiger partial charge is 0.262 e. The van der Waals surface area contributed by atoms with Gasteiger partial charge in [0.1, 0.15) is 0 Å². The molecule has 0 saturated heterocycles. The van der Waals surface area contributed by atoms with Gasteiger partial charge in [0.05, 0.1) is 4.90 Å². The predicted molar refractivity (Wildman–Crippen MR) is 105 cm³/mol. The largest absolute Gasteiger partial charge is 0.345 e. The van der Waals surface area contributed by atoms with Gasteiger partial charge in [-0.1, -0.05) is 39.0 Å². The minimum absolute atomic E-state index is 0.157. The lowest BCUT2D eigenvalue weighted by atomic mass is 9.87. The number of rotatable bonds is 4. The van der Waals surface area contributed by atoms with E-state index >= 15 is 0 Å². The molecule has 0 heterocycles. The number of nitrogens with one attached hydrogen (secondary N) is 1. The first-order chi connectivity index (χ1) is 11.9. The van der Waals surface area contributed by atoms with Crippen LogP contribution < -0.4 is 4.72 Å². The van der Waals surface area contributed by atoms with Gasteiger partial charge in [0.25, 0.3) is 15.9 Å². The molecular weight excluding hydrogens is 348 g/mol. The maximum absolute atomic E-state index is 12.9. The summed E-state index contributed by atoms with van der Waals surface area (Å²) in [5.41, 5.74) is 2.25.